The second-order valence-electron chi connectivity index (χ2n) is 7.33. The molecule has 1 atom stereocenters. The van der Waals surface area contributed by atoms with Crippen molar-refractivity contribution in [2.45, 2.75) is 32.0 Å². The number of rotatable bonds is 7. The van der Waals surface area contributed by atoms with Gasteiger partial charge in [-0.25, -0.2) is 14.6 Å². The van der Waals surface area contributed by atoms with E-state index in [2.05, 4.69) is 25.8 Å². The van der Waals surface area contributed by atoms with E-state index in [4.69, 9.17) is 9.47 Å². The minimum atomic E-state index is -0.666. The van der Waals surface area contributed by atoms with Gasteiger partial charge in [0.2, 0.25) is 0 Å². The average molecular weight is 469 g/mol. The summed E-state index contributed by atoms with van der Waals surface area (Å²) in [6, 6.07) is 7.95. The van der Waals surface area contributed by atoms with Crippen LogP contribution in [-0.4, -0.2) is 51.1 Å². The zero-order chi connectivity index (χ0) is 23.5. The summed E-state index contributed by atoms with van der Waals surface area (Å²) >= 11 is 1.35. The van der Waals surface area contributed by atoms with Crippen LogP contribution in [0.4, 0.5) is 4.79 Å². The number of urea groups is 1. The van der Waals surface area contributed by atoms with Crippen molar-refractivity contribution in [3.63, 3.8) is 0 Å². The molecule has 0 saturated carbocycles. The fourth-order valence-corrected chi connectivity index (χ4v) is 4.62. The Bertz CT molecular complexity index is 1240. The monoisotopic (exact) mass is 468 g/mol. The van der Waals surface area contributed by atoms with Gasteiger partial charge in [0.25, 0.3) is 0 Å². The van der Waals surface area contributed by atoms with E-state index in [9.17, 15) is 9.59 Å². The van der Waals surface area contributed by atoms with Gasteiger partial charge in [-0.3, -0.25) is 4.40 Å². The predicted molar refractivity (Wildman–Crippen MR) is 122 cm³/mol. The normalized spacial score (nSPS) is 15.9. The third-order valence-electron chi connectivity index (χ3n) is 5.10. The lowest BCUT2D eigenvalue weighted by Gasteiger charge is -2.29. The zero-order valence-electron chi connectivity index (χ0n) is 18.7. The number of hydrogen-bond acceptors (Lipinski definition) is 8. The second kappa shape index (κ2) is 9.49. The molecule has 10 nitrogen and oxygen atoms in total. The van der Waals surface area contributed by atoms with Gasteiger partial charge in [-0.1, -0.05) is 23.9 Å². The van der Waals surface area contributed by atoms with Gasteiger partial charge in [-0.05, 0) is 38.5 Å². The van der Waals surface area contributed by atoms with E-state index in [0.29, 0.717) is 27.8 Å². The molecular weight excluding hydrogens is 444 g/mol. The standard InChI is InChI=1S/C22H24N6O4S/c1-5-32-20(29)18-16(11-33-22-27-26-17-10-12(2)23-13(3)28(17)22)24-21(30)25-19(18)14-6-8-15(31-4)9-7-14/h6-10,19H,5,11H2,1-4H3,(H2,24,25,30). The maximum atomic E-state index is 12.9. The number of carbonyl (C=O) groups excluding carboxylic acids is 2. The van der Waals surface area contributed by atoms with Crippen LogP contribution in [0.15, 0.2) is 46.8 Å². The number of fused-ring (bicyclic) bond motifs is 1. The SMILES string of the molecule is CCOC(=O)C1=C(CSc2nnc3cc(C)nc(C)n23)NC(=O)NC1c1ccc(OC)cc1. The Morgan fingerprint density at radius 3 is 2.67 bits per heavy atom. The number of amides is 2. The van der Waals surface area contributed by atoms with Crippen molar-refractivity contribution in [3.05, 3.63) is 58.7 Å². The molecule has 3 heterocycles. The summed E-state index contributed by atoms with van der Waals surface area (Å²) in [6.45, 7) is 5.73. The fourth-order valence-electron chi connectivity index (χ4n) is 3.66. The molecule has 0 aliphatic carbocycles. The maximum Gasteiger partial charge on any atom is 0.338 e. The number of nitrogens with one attached hydrogen (secondary N) is 2. The smallest absolute Gasteiger partial charge is 0.338 e. The van der Waals surface area contributed by atoms with Crippen LogP contribution in [0.5, 0.6) is 5.75 Å². The van der Waals surface area contributed by atoms with Crippen molar-refractivity contribution in [1.29, 1.82) is 0 Å². The minimum absolute atomic E-state index is 0.213. The van der Waals surface area contributed by atoms with Gasteiger partial charge in [0.1, 0.15) is 11.6 Å². The summed E-state index contributed by atoms with van der Waals surface area (Å²) in [4.78, 5) is 29.9. The Kier molecular flexibility index (Phi) is 6.50. The molecule has 1 unspecified atom stereocenters. The minimum Gasteiger partial charge on any atom is -0.497 e. The third-order valence-corrected chi connectivity index (χ3v) is 6.06. The molecule has 0 fully saturated rings. The molecule has 2 N–H and O–H groups in total. The topological polar surface area (TPSA) is 120 Å². The molecule has 33 heavy (non-hydrogen) atoms. The molecule has 1 aliphatic heterocycles. The molecule has 172 valence electrons. The summed E-state index contributed by atoms with van der Waals surface area (Å²) in [5.74, 6) is 1.21. The van der Waals surface area contributed by atoms with E-state index in [0.717, 1.165) is 17.1 Å². The van der Waals surface area contributed by atoms with Crippen molar-refractivity contribution in [1.82, 2.24) is 30.2 Å². The molecule has 2 amide bonds. The molecule has 0 saturated heterocycles. The first-order valence-corrected chi connectivity index (χ1v) is 11.3. The largest absolute Gasteiger partial charge is 0.497 e. The number of benzene rings is 1. The van der Waals surface area contributed by atoms with Crippen LogP contribution in [0, 0.1) is 13.8 Å². The molecule has 2 aromatic heterocycles. The molecule has 0 bridgehead atoms. The molecule has 4 rings (SSSR count). The van der Waals surface area contributed by atoms with Crippen molar-refractivity contribution in [2.24, 2.45) is 0 Å². The van der Waals surface area contributed by atoms with Crippen LogP contribution in [0.25, 0.3) is 5.65 Å². The van der Waals surface area contributed by atoms with Crippen LogP contribution in [0.2, 0.25) is 0 Å². The van der Waals surface area contributed by atoms with E-state index in [1.165, 1.54) is 11.8 Å². The first-order valence-electron chi connectivity index (χ1n) is 10.3. The average Bonchev–Trinajstić information content (AvgIpc) is 3.20. The highest BCUT2D eigenvalue weighted by molar-refractivity contribution is 7.99. The van der Waals surface area contributed by atoms with Crippen LogP contribution in [0.1, 0.15) is 30.0 Å². The summed E-state index contributed by atoms with van der Waals surface area (Å²) in [5, 5.41) is 14.7. The van der Waals surface area contributed by atoms with Crippen molar-refractivity contribution < 1.29 is 19.1 Å². The summed E-state index contributed by atoms with van der Waals surface area (Å²) in [5.41, 5.74) is 3.07. The number of thioether (sulfide) groups is 1. The van der Waals surface area contributed by atoms with Crippen LogP contribution < -0.4 is 15.4 Å². The first-order chi connectivity index (χ1) is 15.9. The highest BCUT2D eigenvalue weighted by Crippen LogP contribution is 2.31. The van der Waals surface area contributed by atoms with Gasteiger partial charge in [-0.2, -0.15) is 0 Å². The number of aryl methyl sites for hydroxylation is 2. The molecule has 1 aliphatic rings. The van der Waals surface area contributed by atoms with Crippen molar-refractivity contribution in [2.75, 3.05) is 19.5 Å². The zero-order valence-corrected chi connectivity index (χ0v) is 19.5. The highest BCUT2D eigenvalue weighted by Gasteiger charge is 2.34. The number of ether oxygens (including phenoxy) is 2. The van der Waals surface area contributed by atoms with E-state index in [-0.39, 0.29) is 12.4 Å². The Morgan fingerprint density at radius 2 is 1.97 bits per heavy atom. The lowest BCUT2D eigenvalue weighted by atomic mass is 9.95. The Hall–Kier alpha value is -3.60. The van der Waals surface area contributed by atoms with Crippen molar-refractivity contribution >= 4 is 29.4 Å². The number of hydrogen-bond donors (Lipinski definition) is 2. The number of esters is 1. The molecule has 11 heteroatoms. The van der Waals surface area contributed by atoms with Crippen LogP contribution in [-0.2, 0) is 9.53 Å². The third kappa shape index (κ3) is 4.63. The van der Waals surface area contributed by atoms with Crippen molar-refractivity contribution in [3.8, 4) is 5.75 Å². The van der Waals surface area contributed by atoms with Gasteiger partial charge in [0, 0.05) is 23.2 Å². The molecule has 1 aromatic carbocycles. The first kappa shape index (κ1) is 22.6. The second-order valence-corrected chi connectivity index (χ2v) is 8.27. The van der Waals surface area contributed by atoms with E-state index in [1.54, 1.807) is 26.2 Å². The van der Waals surface area contributed by atoms with Gasteiger partial charge in [0.15, 0.2) is 10.8 Å². The summed E-state index contributed by atoms with van der Waals surface area (Å²) in [6.07, 6.45) is 0. The van der Waals surface area contributed by atoms with Crippen LogP contribution in [0.3, 0.4) is 0 Å². The summed E-state index contributed by atoms with van der Waals surface area (Å²) < 4.78 is 12.4. The Balaban J connectivity index is 1.70. The van der Waals surface area contributed by atoms with E-state index >= 15 is 0 Å². The Morgan fingerprint density at radius 1 is 1.21 bits per heavy atom. The number of methoxy groups -OCH3 is 1. The Labute approximate surface area is 194 Å². The fraction of sp³-hybridized carbons (Fsp3) is 0.318. The number of aromatic nitrogens is 4. The lowest BCUT2D eigenvalue weighted by molar-refractivity contribution is -0.139. The van der Waals surface area contributed by atoms with Gasteiger partial charge in [-0.15, -0.1) is 10.2 Å². The van der Waals surface area contributed by atoms with Gasteiger partial charge in [0.05, 0.1) is 25.3 Å². The number of nitrogens with zero attached hydrogens (tertiary/aromatic N) is 4. The maximum absolute atomic E-state index is 12.9. The summed E-state index contributed by atoms with van der Waals surface area (Å²) in [7, 11) is 1.58. The van der Waals surface area contributed by atoms with Gasteiger partial charge >= 0.3 is 12.0 Å². The van der Waals surface area contributed by atoms with E-state index in [1.807, 2.05) is 36.4 Å². The quantitative estimate of drug-likeness (QED) is 0.401. The molecule has 0 radical (unpaired) electrons. The van der Waals surface area contributed by atoms with E-state index < -0.39 is 18.0 Å². The molecular formula is C22H24N6O4S. The predicted octanol–water partition coefficient (Wildman–Crippen LogP) is 2.71. The van der Waals surface area contributed by atoms with Crippen LogP contribution >= 0.6 is 11.8 Å². The van der Waals surface area contributed by atoms with Gasteiger partial charge < -0.3 is 20.1 Å². The lowest BCUT2D eigenvalue weighted by Crippen LogP contribution is -2.46. The molecule has 0 spiro atoms. The number of carbonyl (C=O) groups is 2. The highest BCUT2D eigenvalue weighted by atomic mass is 32.2. The molecule has 3 aromatic rings.